The second-order valence-corrected chi connectivity index (χ2v) is 8.89. The Kier molecular flexibility index (Phi) is 7.05. The van der Waals surface area contributed by atoms with Crippen LogP contribution in [-0.2, 0) is 4.74 Å². The van der Waals surface area contributed by atoms with Crippen LogP contribution < -0.4 is 10.5 Å². The lowest BCUT2D eigenvalue weighted by Crippen LogP contribution is -2.38. The number of anilines is 1. The Balaban J connectivity index is 1.43. The van der Waals surface area contributed by atoms with E-state index >= 15 is 0 Å². The minimum absolute atomic E-state index is 0.510. The average Bonchev–Trinajstić information content (AvgIpc) is 3.26. The first-order valence-electron chi connectivity index (χ1n) is 9.92. The molecule has 0 radical (unpaired) electrons. The monoisotopic (exact) mass is 436 g/mol. The van der Waals surface area contributed by atoms with E-state index in [-0.39, 0.29) is 0 Å². The quantitative estimate of drug-likeness (QED) is 0.410. The van der Waals surface area contributed by atoms with Gasteiger partial charge < -0.3 is 10.1 Å². The molecule has 3 N–H and O–H groups in total. The number of allylic oxidation sites excluding steroid dienone is 1. The molecular weight excluding hydrogens is 412 g/mol. The van der Waals surface area contributed by atoms with Crippen LogP contribution in [-0.4, -0.2) is 44.3 Å². The zero-order valence-corrected chi connectivity index (χ0v) is 18.3. The predicted octanol–water partition coefficient (Wildman–Crippen LogP) is 4.78. The first-order valence-corrected chi connectivity index (χ1v) is 11.6. The van der Waals surface area contributed by atoms with Gasteiger partial charge in [-0.15, -0.1) is 11.3 Å². The molecule has 1 fully saturated rings. The highest BCUT2D eigenvalue weighted by Crippen LogP contribution is 2.32. The van der Waals surface area contributed by atoms with Crippen molar-refractivity contribution in [2.75, 3.05) is 44.7 Å². The highest BCUT2D eigenvalue weighted by molar-refractivity contribution is 8.01. The number of benzene rings is 2. The molecule has 0 unspecified atom stereocenters. The van der Waals surface area contributed by atoms with Crippen molar-refractivity contribution < 1.29 is 4.74 Å². The van der Waals surface area contributed by atoms with Gasteiger partial charge in [-0.2, -0.15) is 5.26 Å². The number of ether oxygens (including phenoxy) is 1. The molecule has 1 aromatic heterocycles. The molecular formula is C23H24N4OS2. The van der Waals surface area contributed by atoms with Crippen LogP contribution in [0.15, 0.2) is 53.4 Å². The van der Waals surface area contributed by atoms with E-state index in [2.05, 4.69) is 58.8 Å². The van der Waals surface area contributed by atoms with Gasteiger partial charge in [-0.1, -0.05) is 18.2 Å². The lowest BCUT2D eigenvalue weighted by Gasteiger charge is -2.26. The molecule has 7 heteroatoms. The topological polar surface area (TPSA) is 74.3 Å². The summed E-state index contributed by atoms with van der Waals surface area (Å²) in [5.41, 5.74) is 2.33. The number of nitriles is 1. The maximum Gasteiger partial charge on any atom is 0.108 e. The molecule has 154 valence electrons. The van der Waals surface area contributed by atoms with Crippen molar-refractivity contribution >= 4 is 45.8 Å². The third-order valence-corrected chi connectivity index (χ3v) is 6.67. The maximum absolute atomic E-state index is 9.05. The van der Waals surface area contributed by atoms with E-state index in [1.807, 2.05) is 12.1 Å². The Bertz CT molecular complexity index is 1080. The van der Waals surface area contributed by atoms with E-state index in [1.165, 1.54) is 21.2 Å². The van der Waals surface area contributed by atoms with Crippen molar-refractivity contribution in [1.82, 2.24) is 4.90 Å². The zero-order chi connectivity index (χ0) is 20.8. The average molecular weight is 437 g/mol. The highest BCUT2D eigenvalue weighted by atomic mass is 32.2. The third-order valence-electron chi connectivity index (χ3n) is 5.12. The van der Waals surface area contributed by atoms with Gasteiger partial charge in [0.2, 0.25) is 0 Å². The molecule has 0 amide bonds. The zero-order valence-electron chi connectivity index (χ0n) is 16.6. The number of hydrogen-bond donors (Lipinski definition) is 2. The molecule has 30 heavy (non-hydrogen) atoms. The smallest absolute Gasteiger partial charge is 0.108 e. The molecule has 2 heterocycles. The Morgan fingerprint density at radius 3 is 2.77 bits per heavy atom. The molecule has 0 saturated carbocycles. The molecule has 0 bridgehead atoms. The van der Waals surface area contributed by atoms with E-state index in [1.54, 1.807) is 11.3 Å². The minimum Gasteiger partial charge on any atom is -0.384 e. The number of rotatable bonds is 7. The van der Waals surface area contributed by atoms with Crippen LogP contribution in [0.4, 0.5) is 5.69 Å². The van der Waals surface area contributed by atoms with E-state index in [9.17, 15) is 0 Å². The number of nitrogens with one attached hydrogen (secondary N) is 1. The summed E-state index contributed by atoms with van der Waals surface area (Å²) < 4.78 is 5.40. The Labute approximate surface area is 185 Å². The van der Waals surface area contributed by atoms with Gasteiger partial charge in [-0.05, 0) is 64.7 Å². The number of fused-ring (bicyclic) bond motifs is 1. The second kappa shape index (κ2) is 10.1. The fourth-order valence-electron chi connectivity index (χ4n) is 3.50. The molecule has 2 aromatic carbocycles. The normalized spacial score (nSPS) is 15.3. The summed E-state index contributed by atoms with van der Waals surface area (Å²) in [6.07, 6.45) is 1.83. The predicted molar refractivity (Wildman–Crippen MR) is 128 cm³/mol. The lowest BCUT2D eigenvalue weighted by atomic mass is 10.1. The van der Waals surface area contributed by atoms with E-state index in [0.29, 0.717) is 4.91 Å². The lowest BCUT2D eigenvalue weighted by molar-refractivity contribution is 0.0398. The number of thiophene rings is 1. The van der Waals surface area contributed by atoms with Crippen LogP contribution in [0.25, 0.3) is 27.3 Å². The standard InChI is InChI=1S/C23H24N4OS2/c24-16-22(30-25)15-21-5-6-23(29-21)19-2-1-18-14-20(4-3-17(18)13-19)26-7-8-27-9-11-28-12-10-27/h1-6,13-15,26H,7-12,25H2/b22-15+. The Morgan fingerprint density at radius 1 is 1.17 bits per heavy atom. The molecule has 1 saturated heterocycles. The summed E-state index contributed by atoms with van der Waals surface area (Å²) in [5.74, 6) is 0. The van der Waals surface area contributed by atoms with Gasteiger partial charge in [0.15, 0.2) is 0 Å². The molecule has 0 aliphatic carbocycles. The van der Waals surface area contributed by atoms with Crippen molar-refractivity contribution in [1.29, 1.82) is 5.26 Å². The number of nitrogens with zero attached hydrogens (tertiary/aromatic N) is 2. The third kappa shape index (κ3) is 5.22. The van der Waals surface area contributed by atoms with Crippen LogP contribution in [0.3, 0.4) is 0 Å². The first-order chi connectivity index (χ1) is 14.7. The van der Waals surface area contributed by atoms with Crippen LogP contribution in [0.5, 0.6) is 0 Å². The molecule has 5 nitrogen and oxygen atoms in total. The summed E-state index contributed by atoms with van der Waals surface area (Å²) in [4.78, 5) is 5.14. The Hall–Kier alpha value is -2.34. The van der Waals surface area contributed by atoms with E-state index < -0.39 is 0 Å². The number of morpholine rings is 1. The van der Waals surface area contributed by atoms with E-state index in [4.69, 9.17) is 15.1 Å². The molecule has 0 atom stereocenters. The van der Waals surface area contributed by atoms with Crippen molar-refractivity contribution in [2.45, 2.75) is 0 Å². The fourth-order valence-corrected chi connectivity index (χ4v) is 4.77. The van der Waals surface area contributed by atoms with Crippen LogP contribution in [0, 0.1) is 11.3 Å². The summed E-state index contributed by atoms with van der Waals surface area (Å²) in [6, 6.07) is 19.3. The van der Waals surface area contributed by atoms with Crippen molar-refractivity contribution in [3.05, 3.63) is 58.3 Å². The molecule has 3 aromatic rings. The molecule has 4 rings (SSSR count). The summed E-state index contributed by atoms with van der Waals surface area (Å²) in [6.45, 7) is 5.68. The molecule has 1 aliphatic rings. The van der Waals surface area contributed by atoms with Gasteiger partial charge >= 0.3 is 0 Å². The highest BCUT2D eigenvalue weighted by Gasteiger charge is 2.09. The number of hydrogen-bond acceptors (Lipinski definition) is 7. The van der Waals surface area contributed by atoms with Gasteiger partial charge in [0, 0.05) is 41.6 Å². The molecule has 1 aliphatic heterocycles. The number of nitrogens with two attached hydrogens (primary N) is 1. The van der Waals surface area contributed by atoms with Crippen LogP contribution >= 0.6 is 23.3 Å². The summed E-state index contributed by atoms with van der Waals surface area (Å²) in [7, 11) is 0. The second-order valence-electron chi connectivity index (χ2n) is 7.10. The van der Waals surface area contributed by atoms with Crippen molar-refractivity contribution in [2.24, 2.45) is 5.14 Å². The largest absolute Gasteiger partial charge is 0.384 e. The SMILES string of the molecule is N#C/C(=C\c1ccc(-c2ccc3cc(NCCN4CCOCC4)ccc3c2)s1)SN. The van der Waals surface area contributed by atoms with Crippen molar-refractivity contribution in [3.8, 4) is 16.5 Å². The van der Waals surface area contributed by atoms with E-state index in [0.717, 1.165) is 61.9 Å². The van der Waals surface area contributed by atoms with Crippen LogP contribution in [0.2, 0.25) is 0 Å². The van der Waals surface area contributed by atoms with Gasteiger partial charge in [-0.25, -0.2) is 0 Å². The van der Waals surface area contributed by atoms with Crippen LogP contribution in [0.1, 0.15) is 4.88 Å². The van der Waals surface area contributed by atoms with Gasteiger partial charge in [0.05, 0.1) is 13.2 Å². The van der Waals surface area contributed by atoms with Crippen molar-refractivity contribution in [3.63, 3.8) is 0 Å². The fraction of sp³-hybridized carbons (Fsp3) is 0.261. The Morgan fingerprint density at radius 2 is 1.97 bits per heavy atom. The molecule has 0 spiro atoms. The van der Waals surface area contributed by atoms with Gasteiger partial charge in [0.25, 0.3) is 0 Å². The minimum atomic E-state index is 0.510. The van der Waals surface area contributed by atoms with Gasteiger partial charge in [0.1, 0.15) is 11.0 Å². The summed E-state index contributed by atoms with van der Waals surface area (Å²) in [5, 5.41) is 20.5. The van der Waals surface area contributed by atoms with Gasteiger partial charge in [-0.3, -0.25) is 10.0 Å². The maximum atomic E-state index is 9.05. The first kappa shape index (κ1) is 20.9. The summed E-state index contributed by atoms with van der Waals surface area (Å²) >= 11 is 2.64.